The first-order valence-electron chi connectivity index (χ1n) is 9.56. The lowest BCUT2D eigenvalue weighted by atomic mass is 9.89. The topological polar surface area (TPSA) is 94.6 Å². The molecule has 2 amide bonds. The third kappa shape index (κ3) is 4.44. The van der Waals surface area contributed by atoms with Crippen LogP contribution >= 0.6 is 0 Å². The number of amides is 2. The molecule has 0 aromatic carbocycles. The first-order valence-corrected chi connectivity index (χ1v) is 9.56. The van der Waals surface area contributed by atoms with Crippen LogP contribution in [0.5, 0.6) is 0 Å². The number of likely N-dealkylation sites (tertiary alicyclic amines) is 1. The minimum Gasteiger partial charge on any atom is -0.391 e. The molecule has 1 aromatic heterocycles. The van der Waals surface area contributed by atoms with E-state index >= 15 is 0 Å². The maximum absolute atomic E-state index is 14.7. The van der Waals surface area contributed by atoms with Crippen LogP contribution in [0.25, 0.3) is 0 Å². The van der Waals surface area contributed by atoms with Gasteiger partial charge in [-0.2, -0.15) is 0 Å². The summed E-state index contributed by atoms with van der Waals surface area (Å²) >= 11 is 0. The Morgan fingerprint density at radius 1 is 1.44 bits per heavy atom. The lowest BCUT2D eigenvalue weighted by Gasteiger charge is -2.38. The molecule has 27 heavy (non-hydrogen) atoms. The highest BCUT2D eigenvalue weighted by molar-refractivity contribution is 6.01. The molecule has 0 bridgehead atoms. The Kier molecular flexibility index (Phi) is 6.06. The Bertz CT molecular complexity index is 714. The fourth-order valence-electron chi connectivity index (χ4n) is 3.77. The Hall–Kier alpha value is -2.06. The molecule has 2 aliphatic heterocycles. The molecule has 0 radical (unpaired) electrons. The molecule has 4 unspecified atom stereocenters. The maximum atomic E-state index is 14.7. The number of carbonyl (C=O) groups excluding carboxylic acids is 2. The molecule has 2 fully saturated rings. The molecule has 2 saturated heterocycles. The monoisotopic (exact) mass is 378 g/mol. The van der Waals surface area contributed by atoms with Crippen molar-refractivity contribution in [1.82, 2.24) is 15.2 Å². The van der Waals surface area contributed by atoms with Gasteiger partial charge in [-0.1, -0.05) is 6.92 Å². The van der Waals surface area contributed by atoms with E-state index in [0.717, 1.165) is 13.0 Å². The van der Waals surface area contributed by atoms with Crippen molar-refractivity contribution < 1.29 is 19.1 Å². The second-order valence-electron chi connectivity index (χ2n) is 7.45. The van der Waals surface area contributed by atoms with E-state index in [0.29, 0.717) is 31.1 Å². The van der Waals surface area contributed by atoms with Gasteiger partial charge in [0.15, 0.2) is 0 Å². The number of aliphatic hydroxyl groups is 1. The van der Waals surface area contributed by atoms with Gasteiger partial charge in [0.2, 0.25) is 11.8 Å². The fourth-order valence-corrected chi connectivity index (χ4v) is 3.77. The number of piperidine rings is 2. The first-order chi connectivity index (χ1) is 12.9. The number of pyridine rings is 1. The standard InChI is InChI=1S/C19H27FN4O3/c1-3-11(2)24-7-6-13(16(25)10-24)18-14(20)8-12(9-21-18)22-15-4-5-17(26)23-19(15)27/h8-9,11,13,15-16,22,25H,3-7,10H2,1-2H3,(H,23,26,27). The molecule has 1 aromatic rings. The van der Waals surface area contributed by atoms with Gasteiger partial charge in [-0.15, -0.1) is 0 Å². The Morgan fingerprint density at radius 3 is 2.85 bits per heavy atom. The highest BCUT2D eigenvalue weighted by Crippen LogP contribution is 2.31. The van der Waals surface area contributed by atoms with E-state index in [1.54, 1.807) is 0 Å². The zero-order valence-corrected chi connectivity index (χ0v) is 15.7. The van der Waals surface area contributed by atoms with E-state index in [1.807, 2.05) is 0 Å². The van der Waals surface area contributed by atoms with Gasteiger partial charge in [-0.25, -0.2) is 4.39 Å². The number of rotatable bonds is 5. The molecule has 7 nitrogen and oxygen atoms in total. The fraction of sp³-hybridized carbons (Fsp3) is 0.632. The van der Waals surface area contributed by atoms with Crippen LogP contribution in [-0.2, 0) is 9.59 Å². The van der Waals surface area contributed by atoms with E-state index in [9.17, 15) is 19.1 Å². The van der Waals surface area contributed by atoms with Crippen LogP contribution in [0.4, 0.5) is 10.1 Å². The Balaban J connectivity index is 1.66. The van der Waals surface area contributed by atoms with E-state index < -0.39 is 23.9 Å². The van der Waals surface area contributed by atoms with Gasteiger partial charge >= 0.3 is 0 Å². The second-order valence-corrected chi connectivity index (χ2v) is 7.45. The molecule has 4 atom stereocenters. The normalized spacial score (nSPS) is 27.9. The molecule has 148 valence electrons. The Morgan fingerprint density at radius 2 is 2.22 bits per heavy atom. The minimum absolute atomic E-state index is 0.248. The average Bonchev–Trinajstić information content (AvgIpc) is 2.64. The molecule has 0 aliphatic carbocycles. The van der Waals surface area contributed by atoms with Crippen molar-refractivity contribution in [1.29, 1.82) is 0 Å². The number of hydrogen-bond acceptors (Lipinski definition) is 6. The number of anilines is 1. The largest absolute Gasteiger partial charge is 0.391 e. The van der Waals surface area contributed by atoms with Gasteiger partial charge < -0.3 is 10.4 Å². The van der Waals surface area contributed by atoms with Crippen molar-refractivity contribution in [3.63, 3.8) is 0 Å². The van der Waals surface area contributed by atoms with Gasteiger partial charge in [0.05, 0.1) is 23.7 Å². The van der Waals surface area contributed by atoms with Crippen LogP contribution in [-0.4, -0.2) is 58.1 Å². The highest BCUT2D eigenvalue weighted by atomic mass is 19.1. The van der Waals surface area contributed by atoms with Gasteiger partial charge in [-0.3, -0.25) is 24.8 Å². The molecule has 3 rings (SSSR count). The van der Waals surface area contributed by atoms with Gasteiger partial charge in [0.1, 0.15) is 11.9 Å². The summed E-state index contributed by atoms with van der Waals surface area (Å²) in [7, 11) is 0. The van der Waals surface area contributed by atoms with Gasteiger partial charge in [0.25, 0.3) is 0 Å². The molecule has 0 spiro atoms. The van der Waals surface area contributed by atoms with Crippen LogP contribution < -0.4 is 10.6 Å². The third-order valence-electron chi connectivity index (χ3n) is 5.63. The van der Waals surface area contributed by atoms with Gasteiger partial charge in [-0.05, 0) is 32.7 Å². The lowest BCUT2D eigenvalue weighted by Crippen LogP contribution is -2.47. The van der Waals surface area contributed by atoms with Crippen LogP contribution in [0.1, 0.15) is 51.1 Å². The number of imide groups is 1. The SMILES string of the molecule is CCC(C)N1CCC(c2ncc(NC3CCC(=O)NC3=O)cc2F)C(O)C1. The minimum atomic E-state index is -0.663. The third-order valence-corrected chi connectivity index (χ3v) is 5.63. The van der Waals surface area contributed by atoms with Crippen molar-refractivity contribution >= 4 is 17.5 Å². The molecule has 0 saturated carbocycles. The summed E-state index contributed by atoms with van der Waals surface area (Å²) in [6, 6.07) is 1.11. The summed E-state index contributed by atoms with van der Waals surface area (Å²) in [5.41, 5.74) is 0.650. The summed E-state index contributed by atoms with van der Waals surface area (Å²) in [4.78, 5) is 29.5. The second kappa shape index (κ2) is 8.31. The molecular weight excluding hydrogens is 351 g/mol. The Labute approximate surface area is 158 Å². The van der Waals surface area contributed by atoms with Crippen LogP contribution in [0.15, 0.2) is 12.3 Å². The highest BCUT2D eigenvalue weighted by Gasteiger charge is 2.33. The summed E-state index contributed by atoms with van der Waals surface area (Å²) in [6.07, 6.45) is 3.08. The van der Waals surface area contributed by atoms with E-state index in [4.69, 9.17) is 0 Å². The predicted octanol–water partition coefficient (Wildman–Crippen LogP) is 1.39. The number of nitrogens with zero attached hydrogens (tertiary/aromatic N) is 2. The van der Waals surface area contributed by atoms with E-state index in [1.165, 1.54) is 12.3 Å². The number of hydrogen-bond donors (Lipinski definition) is 3. The van der Waals surface area contributed by atoms with E-state index in [2.05, 4.69) is 34.4 Å². The number of halogens is 1. The number of aromatic nitrogens is 1. The van der Waals surface area contributed by atoms with Crippen LogP contribution in [0, 0.1) is 5.82 Å². The number of β-amino-alcohol motifs (C(OH)–C–C–N with tert-alkyl or cyclic N) is 1. The van der Waals surface area contributed by atoms with Crippen LogP contribution in [0.2, 0.25) is 0 Å². The zero-order chi connectivity index (χ0) is 19.6. The van der Waals surface area contributed by atoms with Crippen molar-refractivity contribution in [2.75, 3.05) is 18.4 Å². The molecular formula is C19H27FN4O3. The van der Waals surface area contributed by atoms with Crippen molar-refractivity contribution in [2.45, 2.75) is 63.6 Å². The number of nitrogens with one attached hydrogen (secondary N) is 2. The molecule has 3 N–H and O–H groups in total. The lowest BCUT2D eigenvalue weighted by molar-refractivity contribution is -0.133. The summed E-state index contributed by atoms with van der Waals surface area (Å²) in [6.45, 7) is 5.55. The van der Waals surface area contributed by atoms with Crippen LogP contribution in [0.3, 0.4) is 0 Å². The van der Waals surface area contributed by atoms with E-state index in [-0.39, 0.29) is 23.9 Å². The maximum Gasteiger partial charge on any atom is 0.249 e. The molecule has 3 heterocycles. The zero-order valence-electron chi connectivity index (χ0n) is 15.7. The summed E-state index contributed by atoms with van der Waals surface area (Å²) < 4.78 is 14.7. The number of aliphatic hydroxyl groups excluding tert-OH is 1. The molecule has 8 heteroatoms. The van der Waals surface area contributed by atoms with Gasteiger partial charge in [0, 0.05) is 31.0 Å². The molecule has 2 aliphatic rings. The van der Waals surface area contributed by atoms with Crippen molar-refractivity contribution in [3.05, 3.63) is 23.8 Å². The average molecular weight is 378 g/mol. The smallest absolute Gasteiger partial charge is 0.249 e. The summed E-state index contributed by atoms with van der Waals surface area (Å²) in [5, 5.41) is 15.7. The number of carbonyl (C=O) groups is 2. The van der Waals surface area contributed by atoms with Crippen molar-refractivity contribution in [2.24, 2.45) is 0 Å². The first kappa shape index (κ1) is 19.7. The quantitative estimate of drug-likeness (QED) is 0.671. The van der Waals surface area contributed by atoms with Crippen molar-refractivity contribution in [3.8, 4) is 0 Å². The summed E-state index contributed by atoms with van der Waals surface area (Å²) in [5.74, 6) is -1.54. The predicted molar refractivity (Wildman–Crippen MR) is 98.7 cm³/mol.